The molecule has 0 spiro atoms. The van der Waals surface area contributed by atoms with Crippen LogP contribution < -0.4 is 0 Å². The van der Waals surface area contributed by atoms with E-state index in [4.69, 9.17) is 5.11 Å². The number of aryl methyl sites for hydroxylation is 2. The predicted molar refractivity (Wildman–Crippen MR) is 121 cm³/mol. The number of alkyl halides is 6. The lowest BCUT2D eigenvalue weighted by molar-refractivity contribution is -0.390. The molecule has 190 valence electrons. The zero-order chi connectivity index (χ0) is 26.0. The zero-order valence-electron chi connectivity index (χ0n) is 18.7. The van der Waals surface area contributed by atoms with E-state index in [-0.39, 0.29) is 30.8 Å². The van der Waals surface area contributed by atoms with Gasteiger partial charge in [0.25, 0.3) is 0 Å². The zero-order valence-corrected chi connectivity index (χ0v) is 19.5. The highest BCUT2D eigenvalue weighted by molar-refractivity contribution is 7.15. The summed E-state index contributed by atoms with van der Waals surface area (Å²) < 4.78 is 81.8. The van der Waals surface area contributed by atoms with Crippen LogP contribution in [-0.2, 0) is 38.4 Å². The lowest BCUT2D eigenvalue weighted by atomic mass is 9.90. The Labute approximate surface area is 202 Å². The summed E-state index contributed by atoms with van der Waals surface area (Å²) in [5.74, 6) is -10.9. The van der Waals surface area contributed by atoms with Crippen molar-refractivity contribution in [1.82, 2.24) is 0 Å². The van der Waals surface area contributed by atoms with E-state index in [0.29, 0.717) is 34.9 Å². The molecule has 0 aliphatic rings. The van der Waals surface area contributed by atoms with Gasteiger partial charge in [0.2, 0.25) is 0 Å². The lowest BCUT2D eigenvalue weighted by Gasteiger charge is -2.32. The molecule has 3 N–H and O–H groups in total. The number of hydrogen-bond acceptors (Lipinski definition) is 4. The van der Waals surface area contributed by atoms with Crippen molar-refractivity contribution < 1.29 is 41.7 Å². The Balaban J connectivity index is 1.89. The predicted octanol–water partition coefficient (Wildman–Crippen LogP) is 6.06. The number of benzene rings is 2. The lowest BCUT2D eigenvalue weighted by Crippen LogP contribution is -2.53. The fourth-order valence-corrected chi connectivity index (χ4v) is 4.97. The molecule has 35 heavy (non-hydrogen) atoms. The number of aliphatic hydroxyl groups is 3. The van der Waals surface area contributed by atoms with Gasteiger partial charge in [-0.3, -0.25) is 0 Å². The van der Waals surface area contributed by atoms with Crippen LogP contribution in [0.5, 0.6) is 0 Å². The highest BCUT2D eigenvalue weighted by Gasteiger charge is 2.71. The molecule has 0 saturated heterocycles. The number of hydrogen-bond donors (Lipinski definition) is 3. The normalized spacial score (nSPS) is 14.2. The van der Waals surface area contributed by atoms with Crippen LogP contribution in [0.25, 0.3) is 10.4 Å². The summed E-state index contributed by atoms with van der Waals surface area (Å²) in [5.41, 5.74) is 1.02. The third kappa shape index (κ3) is 5.25. The van der Waals surface area contributed by atoms with Crippen LogP contribution in [-0.4, -0.2) is 27.4 Å². The van der Waals surface area contributed by atoms with E-state index < -0.39 is 23.5 Å². The van der Waals surface area contributed by atoms with Crippen molar-refractivity contribution >= 4 is 11.3 Å². The molecular formula is C25H24F6O3S. The molecule has 3 rings (SSSR count). The van der Waals surface area contributed by atoms with Gasteiger partial charge in [-0.15, -0.1) is 11.3 Å². The van der Waals surface area contributed by atoms with Crippen molar-refractivity contribution in [2.75, 3.05) is 0 Å². The minimum Gasteiger partial charge on any atom is -0.392 e. The van der Waals surface area contributed by atoms with E-state index in [1.54, 1.807) is 24.3 Å². The molecule has 1 aromatic heterocycles. The Morgan fingerprint density at radius 1 is 0.829 bits per heavy atom. The Hall–Kier alpha value is -2.40. The maximum Gasteiger partial charge on any atom is 0.455 e. The number of thiophene rings is 1. The van der Waals surface area contributed by atoms with E-state index in [1.165, 1.54) is 24.3 Å². The van der Waals surface area contributed by atoms with Gasteiger partial charge in [0, 0.05) is 15.3 Å². The van der Waals surface area contributed by atoms with Crippen molar-refractivity contribution in [3.8, 4) is 10.4 Å². The molecule has 3 nitrogen and oxygen atoms in total. The van der Waals surface area contributed by atoms with E-state index >= 15 is 0 Å². The third-order valence-corrected chi connectivity index (χ3v) is 7.04. The highest BCUT2D eigenvalue weighted by atomic mass is 32.1. The van der Waals surface area contributed by atoms with Gasteiger partial charge in [0.1, 0.15) is 0 Å². The summed E-state index contributed by atoms with van der Waals surface area (Å²) in [6, 6.07) is 12.1. The molecule has 0 bridgehead atoms. The minimum atomic E-state index is -6.18. The fraction of sp³-hybridized carbons (Fsp3) is 0.360. The van der Waals surface area contributed by atoms with Gasteiger partial charge >= 0.3 is 18.0 Å². The van der Waals surface area contributed by atoms with E-state index in [0.717, 1.165) is 16.5 Å². The fourth-order valence-electron chi connectivity index (χ4n) is 3.91. The van der Waals surface area contributed by atoms with Gasteiger partial charge in [0.05, 0.1) is 13.2 Å². The summed E-state index contributed by atoms with van der Waals surface area (Å²) in [5, 5.41) is 27.9. The number of rotatable bonds is 9. The van der Waals surface area contributed by atoms with Gasteiger partial charge in [-0.25, -0.2) is 0 Å². The van der Waals surface area contributed by atoms with Crippen molar-refractivity contribution in [2.45, 2.75) is 57.4 Å². The first-order valence-electron chi connectivity index (χ1n) is 10.8. The van der Waals surface area contributed by atoms with E-state index in [9.17, 15) is 36.6 Å². The van der Waals surface area contributed by atoms with Crippen LogP contribution in [0.15, 0.2) is 48.5 Å². The number of halogens is 6. The third-order valence-electron chi connectivity index (χ3n) is 5.86. The molecule has 2 aromatic carbocycles. The molecular weight excluding hydrogens is 494 g/mol. The first-order chi connectivity index (χ1) is 16.4. The Bertz CT molecular complexity index is 1170. The summed E-state index contributed by atoms with van der Waals surface area (Å²) in [6.45, 7) is 1.06. The Morgan fingerprint density at radius 2 is 1.51 bits per heavy atom. The van der Waals surface area contributed by atoms with Gasteiger partial charge in [0.15, 0.2) is 0 Å². The van der Waals surface area contributed by atoms with Crippen molar-refractivity contribution in [3.63, 3.8) is 0 Å². The maximum absolute atomic E-state index is 14.6. The number of aliphatic hydroxyl groups excluding tert-OH is 2. The molecule has 0 saturated carbocycles. The second-order valence-corrected chi connectivity index (χ2v) is 9.23. The van der Waals surface area contributed by atoms with Crippen LogP contribution in [0.3, 0.4) is 0 Å². The summed E-state index contributed by atoms with van der Waals surface area (Å²) in [7, 11) is 0. The maximum atomic E-state index is 14.6. The largest absolute Gasteiger partial charge is 0.455 e. The van der Waals surface area contributed by atoms with Crippen molar-refractivity contribution in [3.05, 3.63) is 81.2 Å². The molecule has 10 heteroatoms. The summed E-state index contributed by atoms with van der Waals surface area (Å²) >= 11 is 1.27. The molecule has 0 amide bonds. The first-order valence-corrected chi connectivity index (χ1v) is 11.6. The standard InChI is InChI=1S/C25H24F6O3S/c1-2-19-20(4-3-5-21(19)23(26,27)24(28,34)25(29,30)31)22-11-10-18(35-22)9-7-15-6-8-16(13-32)17(12-15)14-33/h3-6,8,10-12,32-34H,2,7,9,13-14H2,1H3. The van der Waals surface area contributed by atoms with Crippen LogP contribution in [0.2, 0.25) is 0 Å². The SMILES string of the molecule is CCc1c(-c2ccc(CCc3ccc(CO)c(CO)c3)s2)cccc1C(F)(F)C(O)(F)C(F)(F)F. The van der Waals surface area contributed by atoms with Gasteiger partial charge < -0.3 is 15.3 Å². The monoisotopic (exact) mass is 518 g/mol. The minimum absolute atomic E-state index is 0.108. The van der Waals surface area contributed by atoms with Crippen molar-refractivity contribution in [1.29, 1.82) is 0 Å². The molecule has 3 aromatic rings. The van der Waals surface area contributed by atoms with E-state index in [2.05, 4.69) is 0 Å². The van der Waals surface area contributed by atoms with Crippen molar-refractivity contribution in [2.24, 2.45) is 0 Å². The highest BCUT2D eigenvalue weighted by Crippen LogP contribution is 2.51. The van der Waals surface area contributed by atoms with Gasteiger partial charge in [-0.05, 0) is 59.2 Å². The molecule has 1 unspecified atom stereocenters. The first kappa shape index (κ1) is 27.2. The van der Waals surface area contributed by atoms with Crippen LogP contribution in [0.1, 0.15) is 39.6 Å². The van der Waals surface area contributed by atoms with Crippen LogP contribution in [0.4, 0.5) is 26.3 Å². The summed E-state index contributed by atoms with van der Waals surface area (Å²) in [6.07, 6.45) is -5.12. The molecule has 0 radical (unpaired) electrons. The summed E-state index contributed by atoms with van der Waals surface area (Å²) in [4.78, 5) is 1.41. The van der Waals surface area contributed by atoms with Crippen LogP contribution >= 0.6 is 11.3 Å². The second-order valence-electron chi connectivity index (χ2n) is 8.06. The average molecular weight is 519 g/mol. The van der Waals surface area contributed by atoms with Gasteiger partial charge in [-0.2, -0.15) is 26.3 Å². The van der Waals surface area contributed by atoms with E-state index in [1.807, 2.05) is 6.07 Å². The molecule has 0 fully saturated rings. The average Bonchev–Trinajstić information content (AvgIpc) is 3.30. The molecule has 1 atom stereocenters. The van der Waals surface area contributed by atoms with Gasteiger partial charge in [-0.1, -0.05) is 43.3 Å². The second kappa shape index (κ2) is 10.3. The molecule has 0 aliphatic heterocycles. The Morgan fingerprint density at radius 3 is 2.11 bits per heavy atom. The molecule has 1 heterocycles. The van der Waals surface area contributed by atoms with Crippen LogP contribution in [0, 0.1) is 0 Å². The topological polar surface area (TPSA) is 60.7 Å². The molecule has 0 aliphatic carbocycles. The smallest absolute Gasteiger partial charge is 0.392 e. The quantitative estimate of drug-likeness (QED) is 0.302. The Kier molecular flexibility index (Phi) is 8.00.